The van der Waals surface area contributed by atoms with Crippen LogP contribution >= 0.6 is 24.0 Å². The molecule has 0 unspecified atom stereocenters. The Morgan fingerprint density at radius 3 is 2.60 bits per heavy atom. The van der Waals surface area contributed by atoms with E-state index in [-0.39, 0.29) is 31.3 Å². The first kappa shape index (κ1) is 18.7. The maximum Gasteiger partial charge on any atom is 0.304 e. The zero-order valence-corrected chi connectivity index (χ0v) is 12.9. The number of rotatable bonds is 6. The number of hydrogen-bond acceptors (Lipinski definition) is 3. The van der Waals surface area contributed by atoms with E-state index in [1.54, 1.807) is 24.1 Å². The summed E-state index contributed by atoms with van der Waals surface area (Å²) in [6, 6.07) is 5.37. The zero-order chi connectivity index (χ0) is 14.4. The lowest BCUT2D eigenvalue weighted by atomic mass is 10.2. The number of likely N-dealkylation sites (N-methyl/N-ethyl adjacent to an activating group) is 1. The van der Waals surface area contributed by atoms with E-state index < -0.39 is 5.97 Å². The quantitative estimate of drug-likeness (QED) is 0.844. The third-order valence-corrected chi connectivity index (χ3v) is 2.83. The molecule has 0 saturated carbocycles. The summed E-state index contributed by atoms with van der Waals surface area (Å²) in [5, 5.41) is 11.7. The summed E-state index contributed by atoms with van der Waals surface area (Å²) in [5.41, 5.74) is 1.57. The minimum Gasteiger partial charge on any atom is -0.481 e. The topological polar surface area (TPSA) is 69.6 Å². The van der Waals surface area contributed by atoms with Gasteiger partial charge < -0.3 is 10.4 Å². The third kappa shape index (κ3) is 6.75. The van der Waals surface area contributed by atoms with Crippen molar-refractivity contribution in [3.05, 3.63) is 28.8 Å². The van der Waals surface area contributed by atoms with Gasteiger partial charge in [0.25, 0.3) is 0 Å². The number of anilines is 1. The lowest BCUT2D eigenvalue weighted by Crippen LogP contribution is -2.31. The van der Waals surface area contributed by atoms with Crippen molar-refractivity contribution < 1.29 is 14.7 Å². The lowest BCUT2D eigenvalue weighted by Gasteiger charge is -2.15. The molecule has 0 aliphatic carbocycles. The van der Waals surface area contributed by atoms with E-state index >= 15 is 0 Å². The normalized spacial score (nSPS) is 10.0. The highest BCUT2D eigenvalue weighted by atomic mass is 35.5. The molecule has 0 saturated heterocycles. The molecule has 112 valence electrons. The van der Waals surface area contributed by atoms with Crippen molar-refractivity contribution in [1.82, 2.24) is 4.90 Å². The van der Waals surface area contributed by atoms with E-state index in [0.717, 1.165) is 5.56 Å². The van der Waals surface area contributed by atoms with Gasteiger partial charge in [-0.25, -0.2) is 0 Å². The number of nitrogens with zero attached hydrogens (tertiary/aromatic N) is 1. The van der Waals surface area contributed by atoms with Crippen molar-refractivity contribution in [2.24, 2.45) is 0 Å². The van der Waals surface area contributed by atoms with Gasteiger partial charge in [-0.3, -0.25) is 14.5 Å². The number of carboxylic acids is 1. The van der Waals surface area contributed by atoms with E-state index in [4.69, 9.17) is 16.7 Å². The van der Waals surface area contributed by atoms with Gasteiger partial charge in [-0.05, 0) is 31.7 Å². The average Bonchev–Trinajstić information content (AvgIpc) is 2.30. The van der Waals surface area contributed by atoms with Gasteiger partial charge in [0.05, 0.1) is 23.7 Å². The van der Waals surface area contributed by atoms with Crippen LogP contribution in [0.2, 0.25) is 5.02 Å². The van der Waals surface area contributed by atoms with E-state index in [2.05, 4.69) is 5.32 Å². The van der Waals surface area contributed by atoms with Crippen molar-refractivity contribution in [3.8, 4) is 0 Å². The molecule has 0 bridgehead atoms. The third-order valence-electron chi connectivity index (χ3n) is 2.52. The summed E-state index contributed by atoms with van der Waals surface area (Å²) in [6.07, 6.45) is 0.00900. The summed E-state index contributed by atoms with van der Waals surface area (Å²) in [4.78, 5) is 23.8. The molecule has 0 aliphatic rings. The molecule has 0 aromatic heterocycles. The van der Waals surface area contributed by atoms with Crippen LogP contribution in [0.4, 0.5) is 5.69 Å². The minimum atomic E-state index is -0.881. The molecule has 0 radical (unpaired) electrons. The number of halogens is 2. The monoisotopic (exact) mass is 320 g/mol. The molecule has 7 heteroatoms. The van der Waals surface area contributed by atoms with E-state index in [1.807, 2.05) is 13.0 Å². The van der Waals surface area contributed by atoms with Gasteiger partial charge in [0, 0.05) is 6.54 Å². The van der Waals surface area contributed by atoms with Crippen LogP contribution in [0.25, 0.3) is 0 Å². The number of nitrogens with one attached hydrogen (secondary N) is 1. The van der Waals surface area contributed by atoms with Crippen LogP contribution in [0.3, 0.4) is 0 Å². The molecule has 0 fully saturated rings. The van der Waals surface area contributed by atoms with Crippen molar-refractivity contribution >= 4 is 41.6 Å². The Labute approximate surface area is 129 Å². The Morgan fingerprint density at radius 2 is 2.05 bits per heavy atom. The second-order valence-electron chi connectivity index (χ2n) is 4.41. The summed E-state index contributed by atoms with van der Waals surface area (Å²) in [7, 11) is 1.69. The van der Waals surface area contributed by atoms with Gasteiger partial charge in [-0.2, -0.15) is 0 Å². The largest absolute Gasteiger partial charge is 0.481 e. The molecule has 2 N–H and O–H groups in total. The van der Waals surface area contributed by atoms with Gasteiger partial charge in [0.1, 0.15) is 0 Å². The first-order valence-electron chi connectivity index (χ1n) is 5.85. The highest BCUT2D eigenvalue weighted by Crippen LogP contribution is 2.22. The highest BCUT2D eigenvalue weighted by molar-refractivity contribution is 6.33. The molecule has 5 nitrogen and oxygen atoms in total. The Bertz CT molecular complexity index is 481. The number of carbonyl (C=O) groups excluding carboxylic acids is 1. The summed E-state index contributed by atoms with van der Waals surface area (Å²) >= 11 is 6.01. The van der Waals surface area contributed by atoms with Gasteiger partial charge in [0.2, 0.25) is 5.91 Å². The molecule has 1 rings (SSSR count). The van der Waals surface area contributed by atoms with Gasteiger partial charge in [-0.15, -0.1) is 12.4 Å². The van der Waals surface area contributed by atoms with Gasteiger partial charge >= 0.3 is 5.97 Å². The maximum atomic E-state index is 11.7. The summed E-state index contributed by atoms with van der Waals surface area (Å²) < 4.78 is 0. The first-order chi connectivity index (χ1) is 8.88. The van der Waals surface area contributed by atoms with Crippen molar-refractivity contribution in [1.29, 1.82) is 0 Å². The van der Waals surface area contributed by atoms with E-state index in [0.29, 0.717) is 17.3 Å². The molecule has 0 heterocycles. The molecular formula is C13H18Cl2N2O3. The Balaban J connectivity index is 0.00000361. The Morgan fingerprint density at radius 1 is 1.40 bits per heavy atom. The van der Waals surface area contributed by atoms with E-state index in [1.165, 1.54) is 0 Å². The predicted octanol–water partition coefficient (Wildman–Crippen LogP) is 2.42. The van der Waals surface area contributed by atoms with Crippen LogP contribution in [0.1, 0.15) is 12.0 Å². The minimum absolute atomic E-state index is 0. The fourth-order valence-corrected chi connectivity index (χ4v) is 1.80. The average molecular weight is 321 g/mol. The lowest BCUT2D eigenvalue weighted by molar-refractivity contribution is -0.137. The molecule has 1 amide bonds. The van der Waals surface area contributed by atoms with Gasteiger partial charge in [0.15, 0.2) is 0 Å². The predicted molar refractivity (Wildman–Crippen MR) is 81.8 cm³/mol. The fourth-order valence-electron chi connectivity index (χ4n) is 1.52. The number of amides is 1. The van der Waals surface area contributed by atoms with E-state index in [9.17, 15) is 9.59 Å². The SMILES string of the molecule is Cc1ccc(NC(=O)CN(C)CCC(=O)O)c(Cl)c1.Cl. The molecular weight excluding hydrogens is 303 g/mol. The van der Waals surface area contributed by atoms with Crippen LogP contribution in [0.15, 0.2) is 18.2 Å². The van der Waals surface area contributed by atoms with Crippen LogP contribution in [0.5, 0.6) is 0 Å². The fraction of sp³-hybridized carbons (Fsp3) is 0.385. The van der Waals surface area contributed by atoms with Crippen LogP contribution in [0, 0.1) is 6.92 Å². The molecule has 1 aromatic rings. The van der Waals surface area contributed by atoms with Crippen LogP contribution in [-0.2, 0) is 9.59 Å². The number of carbonyl (C=O) groups is 2. The molecule has 0 spiro atoms. The Kier molecular flexibility index (Phi) is 8.22. The van der Waals surface area contributed by atoms with Crippen molar-refractivity contribution in [2.45, 2.75) is 13.3 Å². The number of aryl methyl sites for hydroxylation is 1. The number of aliphatic carboxylic acids is 1. The molecule has 0 aliphatic heterocycles. The number of hydrogen-bond donors (Lipinski definition) is 2. The molecule has 1 aromatic carbocycles. The second kappa shape index (κ2) is 8.79. The molecule has 20 heavy (non-hydrogen) atoms. The molecule has 0 atom stereocenters. The van der Waals surface area contributed by atoms with Crippen molar-refractivity contribution in [2.75, 3.05) is 25.5 Å². The van der Waals surface area contributed by atoms with Gasteiger partial charge in [-0.1, -0.05) is 17.7 Å². The smallest absolute Gasteiger partial charge is 0.304 e. The van der Waals surface area contributed by atoms with Crippen LogP contribution < -0.4 is 5.32 Å². The van der Waals surface area contributed by atoms with Crippen LogP contribution in [-0.4, -0.2) is 42.0 Å². The number of carboxylic acid groups (broad SMARTS) is 1. The summed E-state index contributed by atoms with van der Waals surface area (Å²) in [5.74, 6) is -1.10. The standard InChI is InChI=1S/C13H17ClN2O3.ClH/c1-9-3-4-11(10(14)7-9)15-12(17)8-16(2)6-5-13(18)19;/h3-4,7H,5-6,8H2,1-2H3,(H,15,17)(H,18,19);1H. The number of benzene rings is 1. The highest BCUT2D eigenvalue weighted by Gasteiger charge is 2.10. The maximum absolute atomic E-state index is 11.7. The van der Waals surface area contributed by atoms with Crippen molar-refractivity contribution in [3.63, 3.8) is 0 Å². The summed E-state index contributed by atoms with van der Waals surface area (Å²) in [6.45, 7) is 2.36. The Hall–Kier alpha value is -1.30. The second-order valence-corrected chi connectivity index (χ2v) is 4.82. The first-order valence-corrected chi connectivity index (χ1v) is 6.22. The zero-order valence-electron chi connectivity index (χ0n) is 11.4.